The molecule has 5 aliphatic rings. The number of pyridine rings is 1. The van der Waals surface area contributed by atoms with Crippen LogP contribution in [0.4, 0.5) is 11.6 Å². The van der Waals surface area contributed by atoms with Crippen molar-refractivity contribution in [2.45, 2.75) is 50.2 Å². The molecule has 2 saturated heterocycles. The van der Waals surface area contributed by atoms with Crippen molar-refractivity contribution < 1.29 is 16.0 Å². The Kier molecular flexibility index (Phi) is 4.99. The van der Waals surface area contributed by atoms with Crippen molar-refractivity contribution in [2.24, 2.45) is 5.41 Å². The van der Waals surface area contributed by atoms with Crippen LogP contribution in [0.5, 0.6) is 5.88 Å². The molecular formula is C26H35N7O3S. The summed E-state index contributed by atoms with van der Waals surface area (Å²) in [6.45, 7) is 7.59. The molecule has 1 atom stereocenters. The van der Waals surface area contributed by atoms with Crippen molar-refractivity contribution >= 4 is 21.7 Å². The van der Waals surface area contributed by atoms with E-state index in [1.54, 1.807) is 6.20 Å². The normalized spacial score (nSPS) is 29.0. The van der Waals surface area contributed by atoms with Gasteiger partial charge in [0, 0.05) is 51.3 Å². The van der Waals surface area contributed by atoms with E-state index in [2.05, 4.69) is 56.4 Å². The van der Waals surface area contributed by atoms with E-state index >= 15 is 0 Å². The standard InChI is InChI=1S/C26H31N7O3S.2H2/c1-25(2)16-36-21-12-18(8-10-27-21)20-7-6-17-4-3-5-19(17)22(20)28-23-29-24(31-30-23)37(34,35)33-14-26(15-33)9-11-32(25)13-26;;/h6-8,10,12H,3-5,9,11,13-16H2,1-2H3,(H2,28,29,30,31);2*1H. The Morgan fingerprint density at radius 3 is 2.86 bits per heavy atom. The first-order valence-electron chi connectivity index (χ1n) is 12.9. The summed E-state index contributed by atoms with van der Waals surface area (Å²) in [5, 5.41) is 10.2. The molecule has 2 fully saturated rings. The molecule has 1 aliphatic carbocycles. The number of rotatable bonds is 0. The van der Waals surface area contributed by atoms with Crippen LogP contribution in [0.3, 0.4) is 0 Å². The minimum absolute atomic E-state index is 0. The monoisotopic (exact) mass is 525 g/mol. The van der Waals surface area contributed by atoms with E-state index in [0.29, 0.717) is 25.6 Å². The lowest BCUT2D eigenvalue weighted by Gasteiger charge is -2.47. The summed E-state index contributed by atoms with van der Waals surface area (Å²) < 4.78 is 34.5. The molecule has 8 rings (SSSR count). The Labute approximate surface area is 219 Å². The molecule has 1 unspecified atom stereocenters. The number of fused-ring (bicyclic) bond motifs is 3. The fourth-order valence-electron chi connectivity index (χ4n) is 6.28. The highest BCUT2D eigenvalue weighted by molar-refractivity contribution is 7.89. The van der Waals surface area contributed by atoms with Gasteiger partial charge in [-0.2, -0.15) is 9.29 Å². The lowest BCUT2D eigenvalue weighted by molar-refractivity contribution is 0.0383. The van der Waals surface area contributed by atoms with Gasteiger partial charge in [0.1, 0.15) is 6.61 Å². The van der Waals surface area contributed by atoms with Crippen molar-refractivity contribution in [3.05, 3.63) is 41.6 Å². The van der Waals surface area contributed by atoms with Crippen LogP contribution in [0.15, 0.2) is 35.6 Å². The van der Waals surface area contributed by atoms with E-state index in [4.69, 9.17) is 4.74 Å². The summed E-state index contributed by atoms with van der Waals surface area (Å²) in [6.07, 6.45) is 5.77. The number of hydrogen-bond acceptors (Lipinski definition) is 8. The van der Waals surface area contributed by atoms with Gasteiger partial charge in [-0.15, -0.1) is 5.10 Å². The molecule has 0 amide bonds. The van der Waals surface area contributed by atoms with Crippen LogP contribution in [0.1, 0.15) is 40.7 Å². The number of anilines is 2. The second-order valence-corrected chi connectivity index (χ2v) is 13.4. The quantitative estimate of drug-likeness (QED) is 0.458. The Hall–Kier alpha value is -3.02. The zero-order chi connectivity index (χ0) is 25.4. The number of hydrogen-bond donors (Lipinski definition) is 2. The van der Waals surface area contributed by atoms with Crippen LogP contribution >= 0.6 is 0 Å². The number of nitrogens with one attached hydrogen (secondary N) is 2. The number of aromatic nitrogens is 4. The number of sulfonamides is 1. The first-order chi connectivity index (χ1) is 17.7. The molecule has 3 aromatic rings. The predicted octanol–water partition coefficient (Wildman–Crippen LogP) is 3.46. The number of ether oxygens (including phenoxy) is 1. The second-order valence-electron chi connectivity index (χ2n) is 11.5. The molecule has 1 aromatic carbocycles. The zero-order valence-electron chi connectivity index (χ0n) is 21.1. The molecule has 1 spiro atoms. The minimum Gasteiger partial charge on any atom is -0.476 e. The van der Waals surface area contributed by atoms with E-state index in [1.807, 2.05) is 12.1 Å². The van der Waals surface area contributed by atoms with Crippen LogP contribution < -0.4 is 10.1 Å². The maximum atomic E-state index is 13.4. The number of benzene rings is 1. The number of nitrogens with zero attached hydrogens (tertiary/aromatic N) is 5. The van der Waals surface area contributed by atoms with Gasteiger partial charge in [0.2, 0.25) is 11.8 Å². The second kappa shape index (κ2) is 7.99. The molecule has 11 heteroatoms. The molecule has 0 saturated carbocycles. The van der Waals surface area contributed by atoms with E-state index in [0.717, 1.165) is 55.6 Å². The van der Waals surface area contributed by atoms with Gasteiger partial charge < -0.3 is 10.1 Å². The Morgan fingerprint density at radius 2 is 2.00 bits per heavy atom. The van der Waals surface area contributed by atoms with Gasteiger partial charge in [0.25, 0.3) is 15.2 Å². The Balaban J connectivity index is 0.00000154. The highest BCUT2D eigenvalue weighted by Gasteiger charge is 2.54. The summed E-state index contributed by atoms with van der Waals surface area (Å²) in [4.78, 5) is 11.3. The van der Waals surface area contributed by atoms with Gasteiger partial charge in [0.15, 0.2) is 0 Å². The third kappa shape index (κ3) is 3.74. The van der Waals surface area contributed by atoms with Crippen molar-refractivity contribution in [1.82, 2.24) is 29.4 Å². The van der Waals surface area contributed by atoms with E-state index in [-0.39, 0.29) is 24.9 Å². The van der Waals surface area contributed by atoms with E-state index in [1.165, 1.54) is 15.4 Å². The third-order valence-electron chi connectivity index (χ3n) is 8.51. The summed E-state index contributed by atoms with van der Waals surface area (Å²) in [5.41, 5.74) is 5.12. The van der Waals surface area contributed by atoms with Gasteiger partial charge in [-0.3, -0.25) is 4.90 Å². The van der Waals surface area contributed by atoms with Gasteiger partial charge >= 0.3 is 0 Å². The molecule has 198 valence electrons. The average Bonchev–Trinajstić information content (AvgIpc) is 3.61. The summed E-state index contributed by atoms with van der Waals surface area (Å²) in [6, 6.07) is 8.22. The SMILES string of the molecule is CC1(C)COc2cc(ccn2)-c2ccc3c(c2Nc2n[nH]c(n2)S(=O)(=O)N2CC4(CCN1C4)C2)CCC3.[HH].[HH]. The lowest BCUT2D eigenvalue weighted by atomic mass is 9.81. The highest BCUT2D eigenvalue weighted by atomic mass is 32.2. The van der Waals surface area contributed by atoms with E-state index in [9.17, 15) is 8.42 Å². The average molecular weight is 526 g/mol. The summed E-state index contributed by atoms with van der Waals surface area (Å²) >= 11 is 0. The molecule has 2 N–H and O–H groups in total. The topological polar surface area (TPSA) is 116 Å². The lowest BCUT2D eigenvalue weighted by Crippen LogP contribution is -2.60. The van der Waals surface area contributed by atoms with Crippen LogP contribution in [-0.2, 0) is 22.9 Å². The van der Waals surface area contributed by atoms with Crippen molar-refractivity contribution in [3.63, 3.8) is 0 Å². The van der Waals surface area contributed by atoms with Crippen LogP contribution in [0.25, 0.3) is 11.1 Å². The van der Waals surface area contributed by atoms with E-state index < -0.39 is 10.0 Å². The maximum Gasteiger partial charge on any atom is 0.278 e. The van der Waals surface area contributed by atoms with Gasteiger partial charge in [0.05, 0.1) is 5.69 Å². The number of aryl methyl sites for hydroxylation is 1. The molecule has 2 aromatic heterocycles. The molecule has 10 nitrogen and oxygen atoms in total. The first kappa shape index (κ1) is 23.1. The Morgan fingerprint density at radius 1 is 1.14 bits per heavy atom. The zero-order valence-corrected chi connectivity index (χ0v) is 21.9. The maximum absolute atomic E-state index is 13.4. The molecule has 4 aliphatic heterocycles. The third-order valence-corrected chi connectivity index (χ3v) is 10.1. The van der Waals surface area contributed by atoms with Crippen LogP contribution in [-0.4, -0.2) is 76.1 Å². The smallest absolute Gasteiger partial charge is 0.278 e. The van der Waals surface area contributed by atoms with Crippen molar-refractivity contribution in [1.29, 1.82) is 0 Å². The first-order valence-corrected chi connectivity index (χ1v) is 14.4. The predicted molar refractivity (Wildman–Crippen MR) is 143 cm³/mol. The highest BCUT2D eigenvalue weighted by Crippen LogP contribution is 2.44. The van der Waals surface area contributed by atoms with Gasteiger partial charge in [-0.05, 0) is 68.8 Å². The van der Waals surface area contributed by atoms with Crippen LogP contribution in [0, 0.1) is 5.41 Å². The Bertz CT molecular complexity index is 1500. The molecule has 0 radical (unpaired) electrons. The fourth-order valence-corrected chi connectivity index (χ4v) is 7.78. The summed E-state index contributed by atoms with van der Waals surface area (Å²) in [5.74, 6) is 0.837. The van der Waals surface area contributed by atoms with Crippen LogP contribution in [0.2, 0.25) is 0 Å². The molecule has 7 bridgehead atoms. The van der Waals surface area contributed by atoms with Gasteiger partial charge in [-0.1, -0.05) is 12.1 Å². The van der Waals surface area contributed by atoms with Crippen molar-refractivity contribution in [3.8, 4) is 17.0 Å². The molecule has 37 heavy (non-hydrogen) atoms. The van der Waals surface area contributed by atoms with Gasteiger partial charge in [-0.25, -0.2) is 18.5 Å². The summed E-state index contributed by atoms with van der Waals surface area (Å²) in [7, 11) is -3.75. The largest absolute Gasteiger partial charge is 0.476 e. The fraction of sp³-hybridized carbons (Fsp3) is 0.500. The van der Waals surface area contributed by atoms with Crippen molar-refractivity contribution in [2.75, 3.05) is 38.1 Å². The number of aromatic amines is 1. The molecule has 6 heterocycles. The number of H-pyrrole nitrogens is 1. The molecular weight excluding hydrogens is 490 g/mol. The minimum atomic E-state index is -3.75.